The number of carbonyl (C=O) groups excluding carboxylic acids is 1. The van der Waals surface area contributed by atoms with Crippen molar-refractivity contribution in [3.63, 3.8) is 0 Å². The first-order valence-corrected chi connectivity index (χ1v) is 9.23. The van der Waals surface area contributed by atoms with Crippen LogP contribution >= 0.6 is 11.6 Å². The van der Waals surface area contributed by atoms with Gasteiger partial charge in [-0.1, -0.05) is 23.7 Å². The minimum atomic E-state index is -4.53. The van der Waals surface area contributed by atoms with Gasteiger partial charge in [-0.25, -0.2) is 9.37 Å². The number of halogens is 5. The van der Waals surface area contributed by atoms with E-state index in [1.165, 1.54) is 12.1 Å². The SMILES string of the molecule is O=C(CCNc1ncc(C(F)(F)F)cc1Cl)N1CCOC(c2cccc(F)c2)C1. The number of hydrogen-bond acceptors (Lipinski definition) is 4. The van der Waals surface area contributed by atoms with Crippen molar-refractivity contribution < 1.29 is 27.1 Å². The van der Waals surface area contributed by atoms with Crippen LogP contribution in [0.1, 0.15) is 23.7 Å². The zero-order chi connectivity index (χ0) is 21.0. The first-order chi connectivity index (χ1) is 13.7. The minimum Gasteiger partial charge on any atom is -0.370 e. The van der Waals surface area contributed by atoms with Gasteiger partial charge in [-0.2, -0.15) is 13.2 Å². The maximum absolute atomic E-state index is 13.4. The Morgan fingerprint density at radius 3 is 2.83 bits per heavy atom. The molecular formula is C19H18ClF4N3O2. The van der Waals surface area contributed by atoms with E-state index in [2.05, 4.69) is 10.3 Å². The van der Waals surface area contributed by atoms with Crippen LogP contribution in [0.25, 0.3) is 0 Å². The van der Waals surface area contributed by atoms with Crippen molar-refractivity contribution in [1.29, 1.82) is 0 Å². The Morgan fingerprint density at radius 2 is 2.14 bits per heavy atom. The van der Waals surface area contributed by atoms with Crippen LogP contribution in [0.3, 0.4) is 0 Å². The summed E-state index contributed by atoms with van der Waals surface area (Å²) in [6.07, 6.45) is -4.17. The van der Waals surface area contributed by atoms with Gasteiger partial charge < -0.3 is 15.0 Å². The monoisotopic (exact) mass is 431 g/mol. The quantitative estimate of drug-likeness (QED) is 0.717. The number of carbonyl (C=O) groups is 1. The lowest BCUT2D eigenvalue weighted by atomic mass is 10.1. The van der Waals surface area contributed by atoms with E-state index in [9.17, 15) is 22.4 Å². The predicted molar refractivity (Wildman–Crippen MR) is 99.0 cm³/mol. The first kappa shape index (κ1) is 21.3. The molecule has 1 saturated heterocycles. The number of ether oxygens (including phenoxy) is 1. The summed E-state index contributed by atoms with van der Waals surface area (Å²) in [6.45, 7) is 1.18. The van der Waals surface area contributed by atoms with Gasteiger partial charge in [0.1, 0.15) is 17.7 Å². The number of anilines is 1. The molecule has 156 valence electrons. The normalized spacial score (nSPS) is 17.3. The molecule has 0 spiro atoms. The van der Waals surface area contributed by atoms with E-state index < -0.39 is 17.8 Å². The smallest absolute Gasteiger partial charge is 0.370 e. The Bertz CT molecular complexity index is 879. The van der Waals surface area contributed by atoms with Crippen LogP contribution in [0.4, 0.5) is 23.4 Å². The molecule has 2 aromatic rings. The van der Waals surface area contributed by atoms with E-state index in [0.29, 0.717) is 31.5 Å². The van der Waals surface area contributed by atoms with Crippen molar-refractivity contribution in [2.75, 3.05) is 31.6 Å². The summed E-state index contributed by atoms with van der Waals surface area (Å²) in [4.78, 5) is 17.7. The third kappa shape index (κ3) is 5.57. The molecule has 1 aliphatic rings. The number of rotatable bonds is 5. The van der Waals surface area contributed by atoms with Crippen molar-refractivity contribution >= 4 is 23.3 Å². The fraction of sp³-hybridized carbons (Fsp3) is 0.368. The van der Waals surface area contributed by atoms with Gasteiger partial charge >= 0.3 is 6.18 Å². The van der Waals surface area contributed by atoms with Gasteiger partial charge in [0.2, 0.25) is 5.91 Å². The Hall–Kier alpha value is -2.39. The van der Waals surface area contributed by atoms with Gasteiger partial charge in [0, 0.05) is 25.7 Å². The van der Waals surface area contributed by atoms with Gasteiger partial charge in [0.25, 0.3) is 0 Å². The fourth-order valence-corrected chi connectivity index (χ4v) is 3.19. The average Bonchev–Trinajstić information content (AvgIpc) is 2.68. The number of aromatic nitrogens is 1. The van der Waals surface area contributed by atoms with E-state index in [1.54, 1.807) is 17.0 Å². The first-order valence-electron chi connectivity index (χ1n) is 8.85. The summed E-state index contributed by atoms with van der Waals surface area (Å²) in [6, 6.07) is 6.81. The number of nitrogens with zero attached hydrogens (tertiary/aromatic N) is 2. The summed E-state index contributed by atoms with van der Waals surface area (Å²) < 4.78 is 57.0. The van der Waals surface area contributed by atoms with E-state index in [0.717, 1.165) is 6.07 Å². The van der Waals surface area contributed by atoms with Gasteiger partial charge in [-0.05, 0) is 23.8 Å². The number of morpholine rings is 1. The van der Waals surface area contributed by atoms with Crippen molar-refractivity contribution in [1.82, 2.24) is 9.88 Å². The molecule has 1 amide bonds. The van der Waals surface area contributed by atoms with E-state index >= 15 is 0 Å². The van der Waals surface area contributed by atoms with Crippen molar-refractivity contribution in [3.05, 3.63) is 58.5 Å². The Morgan fingerprint density at radius 1 is 1.34 bits per heavy atom. The van der Waals surface area contributed by atoms with E-state index in [-0.39, 0.29) is 35.5 Å². The van der Waals surface area contributed by atoms with Crippen LogP contribution in [-0.4, -0.2) is 42.0 Å². The molecular weight excluding hydrogens is 414 g/mol. The molecule has 1 atom stereocenters. The maximum atomic E-state index is 13.4. The number of hydrogen-bond donors (Lipinski definition) is 1. The highest BCUT2D eigenvalue weighted by molar-refractivity contribution is 6.32. The molecule has 29 heavy (non-hydrogen) atoms. The summed E-state index contributed by atoms with van der Waals surface area (Å²) >= 11 is 5.83. The number of alkyl halides is 3. The van der Waals surface area contributed by atoms with Crippen LogP contribution in [0.15, 0.2) is 36.5 Å². The van der Waals surface area contributed by atoms with Crippen LogP contribution < -0.4 is 5.32 Å². The van der Waals surface area contributed by atoms with Gasteiger partial charge in [-0.15, -0.1) is 0 Å². The molecule has 1 fully saturated rings. The summed E-state index contributed by atoms with van der Waals surface area (Å²) in [5, 5.41) is 2.60. The molecule has 0 radical (unpaired) electrons. The summed E-state index contributed by atoms with van der Waals surface area (Å²) in [5.41, 5.74) is -0.290. The third-order valence-corrected chi connectivity index (χ3v) is 4.73. The second kappa shape index (κ2) is 8.96. The molecule has 3 rings (SSSR count). The lowest BCUT2D eigenvalue weighted by Crippen LogP contribution is -2.42. The molecule has 0 aliphatic carbocycles. The molecule has 2 heterocycles. The molecule has 1 aromatic carbocycles. The second-order valence-corrected chi connectivity index (χ2v) is 6.89. The summed E-state index contributed by atoms with van der Waals surface area (Å²) in [7, 11) is 0. The maximum Gasteiger partial charge on any atom is 0.417 e. The van der Waals surface area contributed by atoms with Gasteiger partial charge in [0.05, 0.1) is 23.7 Å². The molecule has 0 saturated carbocycles. The van der Waals surface area contributed by atoms with Crippen molar-refractivity contribution in [2.45, 2.75) is 18.7 Å². The molecule has 1 aliphatic heterocycles. The molecule has 0 bridgehead atoms. The standard InChI is InChI=1S/C19H18ClF4N3O2/c20-15-9-13(19(22,23)24)10-26-18(15)25-5-4-17(28)27-6-7-29-16(11-27)12-2-1-3-14(21)8-12/h1-3,8-10,16H,4-7,11H2,(H,25,26). The highest BCUT2D eigenvalue weighted by Crippen LogP contribution is 2.32. The molecule has 10 heteroatoms. The number of pyridine rings is 1. The highest BCUT2D eigenvalue weighted by atomic mass is 35.5. The van der Waals surface area contributed by atoms with Gasteiger partial charge in [-0.3, -0.25) is 4.79 Å². The van der Waals surface area contributed by atoms with Crippen LogP contribution in [0.5, 0.6) is 0 Å². The average molecular weight is 432 g/mol. The largest absolute Gasteiger partial charge is 0.417 e. The van der Waals surface area contributed by atoms with E-state index in [4.69, 9.17) is 16.3 Å². The lowest BCUT2D eigenvalue weighted by Gasteiger charge is -2.33. The Labute approximate surface area is 169 Å². The number of amides is 1. The van der Waals surface area contributed by atoms with Gasteiger partial charge in [0.15, 0.2) is 0 Å². The summed E-state index contributed by atoms with van der Waals surface area (Å²) in [5.74, 6) is -0.461. The molecule has 5 nitrogen and oxygen atoms in total. The lowest BCUT2D eigenvalue weighted by molar-refractivity contribution is -0.139. The zero-order valence-corrected chi connectivity index (χ0v) is 15.9. The van der Waals surface area contributed by atoms with Crippen LogP contribution in [0.2, 0.25) is 5.02 Å². The molecule has 1 unspecified atom stereocenters. The fourth-order valence-electron chi connectivity index (χ4n) is 2.95. The second-order valence-electron chi connectivity index (χ2n) is 6.48. The topological polar surface area (TPSA) is 54.5 Å². The Balaban J connectivity index is 1.53. The number of nitrogens with one attached hydrogen (secondary N) is 1. The number of benzene rings is 1. The Kier molecular flexibility index (Phi) is 6.59. The van der Waals surface area contributed by atoms with Crippen LogP contribution in [-0.2, 0) is 15.7 Å². The molecule has 1 aromatic heterocycles. The van der Waals surface area contributed by atoms with Crippen molar-refractivity contribution in [3.8, 4) is 0 Å². The highest BCUT2D eigenvalue weighted by Gasteiger charge is 2.31. The van der Waals surface area contributed by atoms with E-state index in [1.807, 2.05) is 0 Å². The minimum absolute atomic E-state index is 0.0760. The van der Waals surface area contributed by atoms with Crippen LogP contribution in [0, 0.1) is 5.82 Å². The van der Waals surface area contributed by atoms with Crippen molar-refractivity contribution in [2.24, 2.45) is 0 Å². The zero-order valence-electron chi connectivity index (χ0n) is 15.2. The molecule has 1 N–H and O–H groups in total. The third-order valence-electron chi connectivity index (χ3n) is 4.44. The predicted octanol–water partition coefficient (Wildman–Crippen LogP) is 4.30.